The van der Waals surface area contributed by atoms with E-state index in [1.165, 1.54) is 18.6 Å². The molecular weight excluding hydrogens is 267 g/mol. The molecule has 2 aliphatic rings. The van der Waals surface area contributed by atoms with Crippen LogP contribution in [-0.4, -0.2) is 23.0 Å². The predicted molar refractivity (Wildman–Crippen MR) is 80.5 cm³/mol. The Hall–Kier alpha value is -1.58. The van der Waals surface area contributed by atoms with E-state index < -0.39 is 0 Å². The first-order valence-electron chi connectivity index (χ1n) is 7.88. The van der Waals surface area contributed by atoms with Crippen molar-refractivity contribution in [1.82, 2.24) is 10.2 Å². The number of rotatable bonds is 2. The van der Waals surface area contributed by atoms with Gasteiger partial charge in [0.05, 0.1) is 5.54 Å². The van der Waals surface area contributed by atoms with Gasteiger partial charge in [0.15, 0.2) is 0 Å². The van der Waals surface area contributed by atoms with E-state index in [-0.39, 0.29) is 29.5 Å². The Bertz CT molecular complexity index is 514. The zero-order valence-electron chi connectivity index (χ0n) is 12.7. The zero-order valence-corrected chi connectivity index (χ0v) is 12.7. The Morgan fingerprint density at radius 2 is 1.76 bits per heavy atom. The number of carbonyl (C=O) groups is 1. The fraction of sp³-hybridized carbons (Fsp3) is 0.588. The van der Waals surface area contributed by atoms with Gasteiger partial charge in [-0.25, -0.2) is 9.18 Å². The summed E-state index contributed by atoms with van der Waals surface area (Å²) in [5.41, 5.74) is 0.733. The summed E-state index contributed by atoms with van der Waals surface area (Å²) in [4.78, 5) is 14.6. The third kappa shape index (κ3) is 2.76. The summed E-state index contributed by atoms with van der Waals surface area (Å²) in [6, 6.07) is 7.10. The van der Waals surface area contributed by atoms with Gasteiger partial charge in [0, 0.05) is 12.1 Å². The largest absolute Gasteiger partial charge is 0.328 e. The smallest absolute Gasteiger partial charge is 0.318 e. The monoisotopic (exact) mass is 290 g/mol. The molecule has 0 aromatic heterocycles. The van der Waals surface area contributed by atoms with Gasteiger partial charge in [0.2, 0.25) is 0 Å². The first kappa shape index (κ1) is 14.4. The number of carbonyl (C=O) groups excluding carboxylic acids is 1. The third-order valence-corrected chi connectivity index (χ3v) is 4.92. The number of likely N-dealkylation sites (tertiary alicyclic amines) is 1. The van der Waals surface area contributed by atoms with Crippen molar-refractivity contribution in [2.75, 3.05) is 0 Å². The maximum Gasteiger partial charge on any atom is 0.318 e. The van der Waals surface area contributed by atoms with Crippen LogP contribution in [-0.2, 0) is 5.54 Å². The molecule has 2 amide bonds. The van der Waals surface area contributed by atoms with Crippen molar-refractivity contribution in [1.29, 1.82) is 0 Å². The summed E-state index contributed by atoms with van der Waals surface area (Å²) in [5, 5.41) is 3.20. The molecule has 1 saturated carbocycles. The molecular formula is C17H23FN2O. The lowest BCUT2D eigenvalue weighted by Crippen LogP contribution is -2.54. The highest BCUT2D eigenvalue weighted by Crippen LogP contribution is 2.45. The lowest BCUT2D eigenvalue weighted by Gasteiger charge is -2.40. The van der Waals surface area contributed by atoms with Crippen LogP contribution in [0.25, 0.3) is 0 Å². The average molecular weight is 290 g/mol. The summed E-state index contributed by atoms with van der Waals surface area (Å²) in [7, 11) is 0. The van der Waals surface area contributed by atoms with Crippen LogP contribution in [0.2, 0.25) is 0 Å². The molecule has 1 aromatic carbocycles. The number of nitrogens with one attached hydrogen (secondary N) is 1. The van der Waals surface area contributed by atoms with Crippen molar-refractivity contribution in [2.24, 2.45) is 0 Å². The summed E-state index contributed by atoms with van der Waals surface area (Å²) in [6.07, 6.45) is 5.19. The second kappa shape index (κ2) is 5.32. The standard InChI is InChI=1S/C17H23FN2O/c1-12-4-3-5-13(2)20(12)16(21)19-17(10-11-17)14-6-8-15(18)9-7-14/h6-9,12-13H,3-5,10-11H2,1-2H3,(H,19,21). The molecule has 3 nitrogen and oxygen atoms in total. The SMILES string of the molecule is CC1CCCC(C)N1C(=O)NC1(c2ccc(F)cc2)CC1. The summed E-state index contributed by atoms with van der Waals surface area (Å²) >= 11 is 0. The Morgan fingerprint density at radius 1 is 1.19 bits per heavy atom. The van der Waals surface area contributed by atoms with Crippen molar-refractivity contribution in [3.63, 3.8) is 0 Å². The molecule has 114 valence electrons. The number of halogens is 1. The summed E-state index contributed by atoms with van der Waals surface area (Å²) in [5.74, 6) is -0.237. The van der Waals surface area contributed by atoms with Crippen molar-refractivity contribution in [3.05, 3.63) is 35.6 Å². The number of benzene rings is 1. The minimum atomic E-state index is -0.276. The van der Waals surface area contributed by atoms with E-state index >= 15 is 0 Å². The van der Waals surface area contributed by atoms with E-state index in [9.17, 15) is 9.18 Å². The maximum absolute atomic E-state index is 13.1. The van der Waals surface area contributed by atoms with Gasteiger partial charge in [-0.15, -0.1) is 0 Å². The normalized spacial score (nSPS) is 27.3. The lowest BCUT2D eigenvalue weighted by molar-refractivity contribution is 0.119. The average Bonchev–Trinajstić information content (AvgIpc) is 3.20. The van der Waals surface area contributed by atoms with Crippen LogP contribution in [0.15, 0.2) is 24.3 Å². The molecule has 2 unspecified atom stereocenters. The first-order chi connectivity index (χ1) is 10.0. The van der Waals surface area contributed by atoms with E-state index in [2.05, 4.69) is 19.2 Å². The van der Waals surface area contributed by atoms with Crippen LogP contribution < -0.4 is 5.32 Å². The van der Waals surface area contributed by atoms with Gasteiger partial charge in [0.1, 0.15) is 5.82 Å². The van der Waals surface area contributed by atoms with Crippen molar-refractivity contribution in [3.8, 4) is 0 Å². The Kier molecular flexibility index (Phi) is 3.64. The molecule has 2 atom stereocenters. The van der Waals surface area contributed by atoms with E-state index in [1.807, 2.05) is 4.90 Å². The quantitative estimate of drug-likeness (QED) is 0.883. The fourth-order valence-corrected chi connectivity index (χ4v) is 3.47. The van der Waals surface area contributed by atoms with E-state index in [1.54, 1.807) is 12.1 Å². The van der Waals surface area contributed by atoms with E-state index in [0.717, 1.165) is 31.2 Å². The lowest BCUT2D eigenvalue weighted by atomic mass is 9.98. The van der Waals surface area contributed by atoms with Gasteiger partial charge in [-0.05, 0) is 63.6 Å². The third-order valence-electron chi connectivity index (χ3n) is 4.92. The highest BCUT2D eigenvalue weighted by atomic mass is 19.1. The number of hydrogen-bond acceptors (Lipinski definition) is 1. The van der Waals surface area contributed by atoms with Gasteiger partial charge in [-0.3, -0.25) is 0 Å². The molecule has 21 heavy (non-hydrogen) atoms. The van der Waals surface area contributed by atoms with Crippen molar-refractivity contribution < 1.29 is 9.18 Å². The second-order valence-electron chi connectivity index (χ2n) is 6.56. The van der Waals surface area contributed by atoms with Gasteiger partial charge in [0.25, 0.3) is 0 Å². The maximum atomic E-state index is 13.1. The number of nitrogens with zero attached hydrogens (tertiary/aromatic N) is 1. The Morgan fingerprint density at radius 3 is 2.29 bits per heavy atom. The van der Waals surface area contributed by atoms with Crippen LogP contribution in [0, 0.1) is 5.82 Å². The fourth-order valence-electron chi connectivity index (χ4n) is 3.47. The molecule has 1 aromatic rings. The molecule has 1 aliphatic heterocycles. The van der Waals surface area contributed by atoms with Gasteiger partial charge < -0.3 is 10.2 Å². The van der Waals surface area contributed by atoms with Gasteiger partial charge >= 0.3 is 6.03 Å². The van der Waals surface area contributed by atoms with Crippen LogP contribution in [0.3, 0.4) is 0 Å². The van der Waals surface area contributed by atoms with Crippen molar-refractivity contribution in [2.45, 2.75) is 63.6 Å². The second-order valence-corrected chi connectivity index (χ2v) is 6.56. The molecule has 4 heteroatoms. The number of piperidine rings is 1. The van der Waals surface area contributed by atoms with E-state index in [4.69, 9.17) is 0 Å². The molecule has 3 rings (SSSR count). The molecule has 1 aliphatic carbocycles. The van der Waals surface area contributed by atoms with E-state index in [0.29, 0.717) is 0 Å². The van der Waals surface area contributed by atoms with Crippen LogP contribution in [0.4, 0.5) is 9.18 Å². The van der Waals surface area contributed by atoms with Crippen LogP contribution in [0.1, 0.15) is 51.5 Å². The molecule has 0 bridgehead atoms. The van der Waals surface area contributed by atoms with Crippen LogP contribution in [0.5, 0.6) is 0 Å². The molecule has 2 fully saturated rings. The molecule has 1 heterocycles. The Balaban J connectivity index is 1.73. The van der Waals surface area contributed by atoms with Crippen LogP contribution >= 0.6 is 0 Å². The van der Waals surface area contributed by atoms with Crippen molar-refractivity contribution >= 4 is 6.03 Å². The molecule has 1 N–H and O–H groups in total. The predicted octanol–water partition coefficient (Wildman–Crippen LogP) is 3.79. The molecule has 0 spiro atoms. The topological polar surface area (TPSA) is 32.3 Å². The molecule has 1 saturated heterocycles. The molecule has 0 radical (unpaired) electrons. The highest BCUT2D eigenvalue weighted by Gasteiger charge is 2.47. The van der Waals surface area contributed by atoms with Gasteiger partial charge in [-0.2, -0.15) is 0 Å². The highest BCUT2D eigenvalue weighted by molar-refractivity contribution is 5.76. The summed E-state index contributed by atoms with van der Waals surface area (Å²) in [6.45, 7) is 4.24. The van der Waals surface area contributed by atoms with Gasteiger partial charge in [-0.1, -0.05) is 12.1 Å². The number of urea groups is 1. The summed E-state index contributed by atoms with van der Waals surface area (Å²) < 4.78 is 13.1. The first-order valence-corrected chi connectivity index (χ1v) is 7.88. The minimum absolute atomic E-state index is 0.0246. The number of hydrogen-bond donors (Lipinski definition) is 1. The minimum Gasteiger partial charge on any atom is -0.328 e. The number of amides is 2. The Labute approximate surface area is 125 Å². The zero-order chi connectivity index (χ0) is 15.0.